The summed E-state index contributed by atoms with van der Waals surface area (Å²) < 4.78 is 32.8. The van der Waals surface area contributed by atoms with E-state index in [2.05, 4.69) is 33.9 Å². The van der Waals surface area contributed by atoms with Crippen molar-refractivity contribution >= 4 is 18.3 Å². The van der Waals surface area contributed by atoms with Crippen molar-refractivity contribution in [3.63, 3.8) is 0 Å². The molecule has 2 rings (SSSR count). The van der Waals surface area contributed by atoms with Crippen LogP contribution >= 0.6 is 0 Å². The highest BCUT2D eigenvalue weighted by molar-refractivity contribution is 7.89. The zero-order chi connectivity index (χ0) is 17.5. The van der Waals surface area contributed by atoms with Crippen LogP contribution in [0.1, 0.15) is 32.8 Å². The van der Waals surface area contributed by atoms with Crippen molar-refractivity contribution in [2.75, 3.05) is 13.2 Å². The van der Waals surface area contributed by atoms with Gasteiger partial charge >= 0.3 is 0 Å². The van der Waals surface area contributed by atoms with Crippen molar-refractivity contribution in [1.82, 2.24) is 4.31 Å². The van der Waals surface area contributed by atoms with Gasteiger partial charge in [0.15, 0.2) is 8.32 Å². The summed E-state index contributed by atoms with van der Waals surface area (Å²) in [7, 11) is -5.09. The molecular weight excluding hydrogens is 326 g/mol. The molecule has 0 spiro atoms. The van der Waals surface area contributed by atoms with Crippen molar-refractivity contribution < 1.29 is 12.8 Å². The van der Waals surface area contributed by atoms with Gasteiger partial charge in [-0.2, -0.15) is 4.31 Å². The second-order valence-electron chi connectivity index (χ2n) is 7.94. The first-order valence-electron chi connectivity index (χ1n) is 8.18. The molecule has 130 valence electrons. The molecule has 0 amide bonds. The molecule has 0 aromatic heterocycles. The van der Waals surface area contributed by atoms with Gasteiger partial charge in [-0.3, -0.25) is 0 Å². The summed E-state index contributed by atoms with van der Waals surface area (Å²) in [5.41, 5.74) is 1.06. The van der Waals surface area contributed by atoms with Gasteiger partial charge in [0, 0.05) is 19.2 Å². The molecule has 0 N–H and O–H groups in total. The van der Waals surface area contributed by atoms with Crippen LogP contribution in [-0.4, -0.2) is 40.2 Å². The lowest BCUT2D eigenvalue weighted by Crippen LogP contribution is -2.41. The van der Waals surface area contributed by atoms with Crippen molar-refractivity contribution in [3.8, 4) is 0 Å². The third kappa shape index (κ3) is 4.23. The Balaban J connectivity index is 1.89. The lowest BCUT2D eigenvalue weighted by atomic mass is 10.2. The molecule has 4 nitrogen and oxygen atoms in total. The zero-order valence-electron chi connectivity index (χ0n) is 15.1. The molecule has 1 aliphatic rings. The van der Waals surface area contributed by atoms with Crippen LogP contribution in [-0.2, 0) is 14.4 Å². The Kier molecular flexibility index (Phi) is 5.12. The number of hydrogen-bond donors (Lipinski definition) is 0. The fourth-order valence-corrected chi connectivity index (χ4v) is 4.88. The molecule has 1 saturated heterocycles. The van der Waals surface area contributed by atoms with E-state index >= 15 is 0 Å². The van der Waals surface area contributed by atoms with Crippen molar-refractivity contribution in [2.45, 2.75) is 63.2 Å². The van der Waals surface area contributed by atoms with E-state index in [1.807, 2.05) is 19.1 Å². The number of nitrogens with zero attached hydrogens (tertiary/aromatic N) is 1. The number of rotatable bonds is 6. The van der Waals surface area contributed by atoms with Gasteiger partial charge < -0.3 is 4.43 Å². The maximum Gasteiger partial charge on any atom is 0.243 e. The Hall–Kier alpha value is -0.693. The highest BCUT2D eigenvalue weighted by Crippen LogP contribution is 2.37. The van der Waals surface area contributed by atoms with Crippen LogP contribution < -0.4 is 0 Å². The molecule has 6 heteroatoms. The van der Waals surface area contributed by atoms with Gasteiger partial charge in [-0.15, -0.1) is 0 Å². The van der Waals surface area contributed by atoms with Gasteiger partial charge in [0.05, 0.1) is 4.90 Å². The van der Waals surface area contributed by atoms with Crippen LogP contribution in [0.4, 0.5) is 0 Å². The molecule has 0 radical (unpaired) electrons. The van der Waals surface area contributed by atoms with E-state index in [0.717, 1.165) is 12.0 Å². The summed E-state index contributed by atoms with van der Waals surface area (Å²) in [5, 5.41) is 0.185. The molecule has 1 aromatic carbocycles. The van der Waals surface area contributed by atoms with E-state index < -0.39 is 18.3 Å². The lowest BCUT2D eigenvalue weighted by Gasteiger charge is -2.36. The lowest BCUT2D eigenvalue weighted by molar-refractivity contribution is 0.279. The Bertz CT molecular complexity index is 647. The van der Waals surface area contributed by atoms with E-state index in [1.165, 1.54) is 0 Å². The van der Waals surface area contributed by atoms with Crippen LogP contribution in [0.25, 0.3) is 0 Å². The van der Waals surface area contributed by atoms with Gasteiger partial charge in [-0.25, -0.2) is 8.42 Å². The van der Waals surface area contributed by atoms with Gasteiger partial charge in [0.1, 0.15) is 0 Å². The van der Waals surface area contributed by atoms with Crippen molar-refractivity contribution in [3.05, 3.63) is 29.8 Å². The predicted molar refractivity (Wildman–Crippen MR) is 96.6 cm³/mol. The number of sulfonamides is 1. The minimum absolute atomic E-state index is 0.0890. The Labute approximate surface area is 142 Å². The average molecular weight is 356 g/mol. The first-order valence-corrected chi connectivity index (χ1v) is 12.5. The molecule has 2 atom stereocenters. The normalized spacial score (nSPS) is 22.2. The van der Waals surface area contributed by atoms with E-state index in [4.69, 9.17) is 4.43 Å². The fraction of sp³-hybridized carbons (Fsp3) is 0.647. The molecule has 0 aliphatic carbocycles. The van der Waals surface area contributed by atoms with Gasteiger partial charge in [0.2, 0.25) is 10.0 Å². The molecular formula is C17H29NO3SSi. The fourth-order valence-electron chi connectivity index (χ4n) is 2.20. The summed E-state index contributed by atoms with van der Waals surface area (Å²) in [6.07, 6.45) is 0.775. The van der Waals surface area contributed by atoms with E-state index in [9.17, 15) is 8.42 Å². The third-order valence-electron chi connectivity index (χ3n) is 5.01. The smallest absolute Gasteiger partial charge is 0.243 e. The monoisotopic (exact) mass is 355 g/mol. The molecule has 0 bridgehead atoms. The largest absolute Gasteiger partial charge is 0.417 e. The quantitative estimate of drug-likeness (QED) is 0.576. The van der Waals surface area contributed by atoms with Crippen LogP contribution in [0.2, 0.25) is 18.1 Å². The Morgan fingerprint density at radius 2 is 1.78 bits per heavy atom. The van der Waals surface area contributed by atoms with Crippen LogP contribution in [0.5, 0.6) is 0 Å². The minimum atomic E-state index is -3.34. The average Bonchev–Trinajstić information content (AvgIpc) is 3.18. The van der Waals surface area contributed by atoms with Gasteiger partial charge in [-0.05, 0) is 43.6 Å². The van der Waals surface area contributed by atoms with E-state index in [1.54, 1.807) is 16.4 Å². The molecule has 1 aromatic rings. The van der Waals surface area contributed by atoms with Crippen molar-refractivity contribution in [2.24, 2.45) is 0 Å². The SMILES string of the molecule is Cc1ccc(S(=O)(=O)N2CC2CCO[Si](C)(C)C(C)(C)C)cc1. The van der Waals surface area contributed by atoms with E-state index in [-0.39, 0.29) is 11.1 Å². The zero-order valence-corrected chi connectivity index (χ0v) is 16.9. The number of benzene rings is 1. The molecule has 0 saturated carbocycles. The molecule has 1 heterocycles. The van der Waals surface area contributed by atoms with Gasteiger partial charge in [-0.1, -0.05) is 38.5 Å². The maximum absolute atomic E-state index is 12.5. The predicted octanol–water partition coefficient (Wildman–Crippen LogP) is 3.78. The molecule has 2 unspecified atom stereocenters. The number of hydrogen-bond acceptors (Lipinski definition) is 3. The molecule has 1 fully saturated rings. The number of aryl methyl sites for hydroxylation is 1. The van der Waals surface area contributed by atoms with Gasteiger partial charge in [0.25, 0.3) is 0 Å². The summed E-state index contributed by atoms with van der Waals surface area (Å²) >= 11 is 0. The van der Waals surface area contributed by atoms with Crippen LogP contribution in [0.15, 0.2) is 29.2 Å². The minimum Gasteiger partial charge on any atom is -0.417 e. The first kappa shape index (κ1) is 18.6. The van der Waals surface area contributed by atoms with E-state index in [0.29, 0.717) is 18.0 Å². The van der Waals surface area contributed by atoms with Crippen LogP contribution in [0, 0.1) is 6.92 Å². The second-order valence-corrected chi connectivity index (χ2v) is 14.6. The molecule has 23 heavy (non-hydrogen) atoms. The van der Waals surface area contributed by atoms with Crippen LogP contribution in [0.3, 0.4) is 0 Å². The molecule has 1 aliphatic heterocycles. The second kappa shape index (κ2) is 6.31. The maximum atomic E-state index is 12.5. The highest BCUT2D eigenvalue weighted by atomic mass is 32.2. The third-order valence-corrected chi connectivity index (χ3v) is 11.5. The summed E-state index contributed by atoms with van der Waals surface area (Å²) in [6, 6.07) is 7.14. The first-order chi connectivity index (χ1) is 10.4. The standard InChI is InChI=1S/C17H29NO3SSi/c1-14-7-9-16(10-8-14)22(19,20)18-13-15(18)11-12-21-23(5,6)17(2,3)4/h7-10,15H,11-13H2,1-6H3. The summed E-state index contributed by atoms with van der Waals surface area (Å²) in [6.45, 7) is 14.3. The Morgan fingerprint density at radius 3 is 2.30 bits per heavy atom. The summed E-state index contributed by atoms with van der Waals surface area (Å²) in [5.74, 6) is 0. The Morgan fingerprint density at radius 1 is 1.22 bits per heavy atom. The highest BCUT2D eigenvalue weighted by Gasteiger charge is 2.45. The van der Waals surface area contributed by atoms with Crippen molar-refractivity contribution in [1.29, 1.82) is 0 Å². The topological polar surface area (TPSA) is 46.4 Å². The summed E-state index contributed by atoms with van der Waals surface area (Å²) in [4.78, 5) is 0.385.